The molecule has 1 N–H and O–H groups in total. The largest absolute Gasteiger partial charge is 0.506 e. The number of hydrogen-bond acceptors (Lipinski definition) is 1. The smallest absolute Gasteiger partial charge is 0.136 e. The second kappa shape index (κ2) is 5.77. The summed E-state index contributed by atoms with van der Waals surface area (Å²) in [7, 11) is 0. The quantitative estimate of drug-likeness (QED) is 0.532. The Hall–Kier alpha value is -0.0200. The lowest BCUT2D eigenvalue weighted by atomic mass is 10.0. The molecule has 0 saturated heterocycles. The Morgan fingerprint density at radius 2 is 1.16 bits per heavy atom. The molecule has 0 bridgehead atoms. The molecule has 0 heterocycles. The Kier molecular flexibility index (Phi) is 4.67. The normalized spacial score (nSPS) is 10.8. The Morgan fingerprint density at radius 1 is 0.632 bits per heavy atom. The van der Waals surface area contributed by atoms with E-state index in [0.29, 0.717) is 10.6 Å². The first-order valence-corrected chi connectivity index (χ1v) is 7.11. The summed E-state index contributed by atoms with van der Waals surface area (Å²) in [5.74, 6) is -0.224. The zero-order chi connectivity index (χ0) is 14.3. The van der Waals surface area contributed by atoms with Crippen molar-refractivity contribution in [3.8, 4) is 16.9 Å². The van der Waals surface area contributed by atoms with E-state index in [1.807, 2.05) is 0 Å². The lowest BCUT2D eigenvalue weighted by molar-refractivity contribution is 0.476. The molecule has 19 heavy (non-hydrogen) atoms. The summed E-state index contributed by atoms with van der Waals surface area (Å²) in [6.07, 6.45) is 0. The SMILES string of the molecule is Oc1cc(Cl)c(Cl)c(-c2c(Cl)ccc(Cl)c2Cl)c1Cl. The van der Waals surface area contributed by atoms with Gasteiger partial charge in [-0.1, -0.05) is 69.6 Å². The Labute approximate surface area is 139 Å². The maximum atomic E-state index is 9.72. The zero-order valence-corrected chi connectivity index (χ0v) is 13.5. The average Bonchev–Trinajstić information content (AvgIpc) is 2.36. The van der Waals surface area contributed by atoms with E-state index in [-0.39, 0.29) is 36.4 Å². The van der Waals surface area contributed by atoms with Crippen LogP contribution < -0.4 is 0 Å². The number of rotatable bonds is 1. The standard InChI is InChI=1S/C12H4Cl6O/c13-4-1-2-5(14)10(16)8(4)9-11(17)6(15)3-7(19)12(9)18/h1-3,19H. The fraction of sp³-hybridized carbons (Fsp3) is 0. The van der Waals surface area contributed by atoms with E-state index in [2.05, 4.69) is 0 Å². The van der Waals surface area contributed by atoms with Gasteiger partial charge >= 0.3 is 0 Å². The van der Waals surface area contributed by atoms with Crippen molar-refractivity contribution < 1.29 is 5.11 Å². The van der Waals surface area contributed by atoms with E-state index < -0.39 is 0 Å². The number of phenols is 1. The molecule has 100 valence electrons. The summed E-state index contributed by atoms with van der Waals surface area (Å²) in [6, 6.07) is 4.33. The minimum atomic E-state index is -0.224. The van der Waals surface area contributed by atoms with E-state index in [9.17, 15) is 5.11 Å². The van der Waals surface area contributed by atoms with Gasteiger partial charge in [-0.2, -0.15) is 0 Å². The van der Waals surface area contributed by atoms with Crippen LogP contribution >= 0.6 is 69.6 Å². The molecule has 0 spiro atoms. The Morgan fingerprint density at radius 3 is 1.79 bits per heavy atom. The van der Waals surface area contributed by atoms with Crippen LogP contribution in [0.1, 0.15) is 0 Å². The van der Waals surface area contributed by atoms with Crippen molar-refractivity contribution in [2.75, 3.05) is 0 Å². The van der Waals surface area contributed by atoms with Crippen molar-refractivity contribution in [3.05, 3.63) is 48.3 Å². The van der Waals surface area contributed by atoms with Gasteiger partial charge in [0.05, 0.1) is 30.1 Å². The summed E-state index contributed by atoms with van der Waals surface area (Å²) in [5.41, 5.74) is 0.564. The molecule has 2 rings (SSSR count). The van der Waals surface area contributed by atoms with Gasteiger partial charge in [-0.3, -0.25) is 0 Å². The molecule has 0 aliphatic carbocycles. The maximum absolute atomic E-state index is 9.72. The number of halogens is 6. The predicted octanol–water partition coefficient (Wildman–Crippen LogP) is 6.98. The van der Waals surface area contributed by atoms with Crippen LogP contribution in [0.2, 0.25) is 30.1 Å². The summed E-state index contributed by atoms with van der Waals surface area (Å²) >= 11 is 36.2. The van der Waals surface area contributed by atoms with Crippen molar-refractivity contribution in [2.24, 2.45) is 0 Å². The molecule has 0 aliphatic heterocycles. The summed E-state index contributed by atoms with van der Waals surface area (Å²) in [5, 5.41) is 10.7. The molecule has 0 aromatic heterocycles. The summed E-state index contributed by atoms with van der Waals surface area (Å²) in [6.45, 7) is 0. The van der Waals surface area contributed by atoms with Crippen LogP contribution in [0.3, 0.4) is 0 Å². The van der Waals surface area contributed by atoms with Crippen LogP contribution in [0.25, 0.3) is 11.1 Å². The van der Waals surface area contributed by atoms with Crippen LogP contribution in [-0.4, -0.2) is 5.11 Å². The molecule has 0 amide bonds. The highest BCUT2D eigenvalue weighted by Gasteiger charge is 2.21. The summed E-state index contributed by atoms with van der Waals surface area (Å²) < 4.78 is 0. The number of aromatic hydroxyl groups is 1. The van der Waals surface area contributed by atoms with Gasteiger partial charge in [0.25, 0.3) is 0 Å². The molecular weight excluding hydrogens is 373 g/mol. The predicted molar refractivity (Wildman–Crippen MR) is 83.6 cm³/mol. The van der Waals surface area contributed by atoms with E-state index in [0.717, 1.165) is 0 Å². The molecule has 7 heteroatoms. The molecular formula is C12H4Cl6O. The third-order valence-corrected chi connectivity index (χ3v) is 4.72. The third-order valence-electron chi connectivity index (χ3n) is 2.43. The maximum Gasteiger partial charge on any atom is 0.136 e. The minimum Gasteiger partial charge on any atom is -0.506 e. The van der Waals surface area contributed by atoms with Gasteiger partial charge in [0.2, 0.25) is 0 Å². The molecule has 0 atom stereocenters. The molecule has 0 fully saturated rings. The Bertz CT molecular complexity index is 642. The molecule has 2 aromatic rings. The van der Waals surface area contributed by atoms with Crippen molar-refractivity contribution >= 4 is 69.6 Å². The second-order valence-corrected chi connectivity index (χ2v) is 5.95. The number of hydrogen-bond donors (Lipinski definition) is 1. The van der Waals surface area contributed by atoms with Crippen LogP contribution in [0, 0.1) is 0 Å². The van der Waals surface area contributed by atoms with Crippen molar-refractivity contribution in [3.63, 3.8) is 0 Å². The lowest BCUT2D eigenvalue weighted by Gasteiger charge is -2.14. The highest BCUT2D eigenvalue weighted by molar-refractivity contribution is 6.50. The highest BCUT2D eigenvalue weighted by atomic mass is 35.5. The molecule has 0 unspecified atom stereocenters. The van der Waals surface area contributed by atoms with Crippen LogP contribution in [0.5, 0.6) is 5.75 Å². The van der Waals surface area contributed by atoms with Crippen LogP contribution in [0.15, 0.2) is 18.2 Å². The van der Waals surface area contributed by atoms with Gasteiger partial charge in [0.15, 0.2) is 0 Å². The van der Waals surface area contributed by atoms with Crippen molar-refractivity contribution in [1.29, 1.82) is 0 Å². The summed E-state index contributed by atoms with van der Waals surface area (Å²) in [4.78, 5) is 0. The second-order valence-electron chi connectivity index (χ2n) is 3.60. The number of phenolic OH excluding ortho intramolecular Hbond substituents is 1. The van der Waals surface area contributed by atoms with Gasteiger partial charge in [0.1, 0.15) is 5.75 Å². The first-order chi connectivity index (χ1) is 8.84. The molecule has 0 saturated carbocycles. The highest BCUT2D eigenvalue weighted by Crippen LogP contribution is 2.49. The fourth-order valence-corrected chi connectivity index (χ4v) is 3.02. The average molecular weight is 377 g/mol. The van der Waals surface area contributed by atoms with Gasteiger partial charge in [-0.05, 0) is 12.1 Å². The van der Waals surface area contributed by atoms with Crippen LogP contribution in [-0.2, 0) is 0 Å². The topological polar surface area (TPSA) is 20.2 Å². The molecule has 0 radical (unpaired) electrons. The van der Waals surface area contributed by atoms with E-state index >= 15 is 0 Å². The zero-order valence-electron chi connectivity index (χ0n) is 8.95. The van der Waals surface area contributed by atoms with Crippen LogP contribution in [0.4, 0.5) is 0 Å². The van der Waals surface area contributed by atoms with Crippen molar-refractivity contribution in [1.82, 2.24) is 0 Å². The molecule has 0 aliphatic rings. The third kappa shape index (κ3) is 2.73. The van der Waals surface area contributed by atoms with Gasteiger partial charge in [-0.25, -0.2) is 0 Å². The monoisotopic (exact) mass is 374 g/mol. The fourth-order valence-electron chi connectivity index (χ4n) is 1.57. The van der Waals surface area contributed by atoms with Crippen molar-refractivity contribution in [2.45, 2.75) is 0 Å². The van der Waals surface area contributed by atoms with Gasteiger partial charge < -0.3 is 5.11 Å². The van der Waals surface area contributed by atoms with E-state index in [1.54, 1.807) is 12.1 Å². The van der Waals surface area contributed by atoms with Gasteiger partial charge in [0, 0.05) is 17.2 Å². The molecule has 2 aromatic carbocycles. The minimum absolute atomic E-state index is 0.000432. The Balaban J connectivity index is 2.91. The van der Waals surface area contributed by atoms with Gasteiger partial charge in [-0.15, -0.1) is 0 Å². The lowest BCUT2D eigenvalue weighted by Crippen LogP contribution is -1.88. The molecule has 1 nitrogen and oxygen atoms in total. The number of benzene rings is 2. The van der Waals surface area contributed by atoms with E-state index in [1.165, 1.54) is 6.07 Å². The first kappa shape index (κ1) is 15.4. The first-order valence-electron chi connectivity index (χ1n) is 4.85. The van der Waals surface area contributed by atoms with E-state index in [4.69, 9.17) is 69.6 Å².